The first-order chi connectivity index (χ1) is 41.3. The van der Waals surface area contributed by atoms with Crippen LogP contribution in [0, 0.1) is 0 Å². The summed E-state index contributed by atoms with van der Waals surface area (Å²) in [6.07, 6.45) is 11.3. The topological polar surface area (TPSA) is 324 Å². The number of amides is 6. The van der Waals surface area contributed by atoms with Crippen LogP contribution in [0.4, 0.5) is 8.63 Å². The Kier molecular flexibility index (Phi) is 24.7. The Hall–Kier alpha value is -7.00. The van der Waals surface area contributed by atoms with Gasteiger partial charge in [0.15, 0.2) is 11.4 Å². The molecule has 2 unspecified atom stereocenters. The third-order valence-corrected chi connectivity index (χ3v) is 16.6. The number of halogens is 2. The number of thiophene rings is 1. The largest absolute Gasteiger partial charge is 0.748 e. The Labute approximate surface area is 515 Å². The molecule has 0 saturated carbocycles. The van der Waals surface area contributed by atoms with E-state index in [0.717, 1.165) is 50.9 Å². The number of rotatable bonds is 36. The standard InChI is InChI=1S/C57H79BF2N10O15S3/c1-69(2,3)30-10-14-41-34-43(66-47(41)36-48-42(15-11-31-70(4,5)6)35-49(50-16-13-33-86-50)67(48)58(66,59)60)22-19-40-20-23-44(24-21-40)84-32-12-17-51(71)64-46(39-88(81,82)83)57(77)63-37-52(72)65-45(38-87(78,79)80)56(76)62-29-28-61-27-9-7-8-18-55(75)85-68-53(73)25-26-54(68)74/h13,16,19-24,33-36,45-46,61H,7-12,14-15,17-18,25-32,37-39H2,1-6H3,(H4-2,62,63,64,65,71,72,76,77,78,79,80,81,82,83)/b22-19+. The molecule has 1 fully saturated rings. The van der Waals surface area contributed by atoms with Gasteiger partial charge in [-0.25, -0.2) is 21.6 Å². The van der Waals surface area contributed by atoms with Crippen LogP contribution < -0.4 is 31.3 Å². The number of carbonyl (C=O) groups excluding carboxylic acids is 7. The highest BCUT2D eigenvalue weighted by Crippen LogP contribution is 2.41. The minimum absolute atomic E-state index is 0.0232. The van der Waals surface area contributed by atoms with E-state index in [0.29, 0.717) is 77.8 Å². The second-order valence-electron chi connectivity index (χ2n) is 23.8. The Morgan fingerprint density at radius 3 is 1.99 bits per heavy atom. The van der Waals surface area contributed by atoms with Crippen LogP contribution in [0.3, 0.4) is 0 Å². The quantitative estimate of drug-likeness (QED) is 0.0183. The molecular formula is C57H79BF2N10O15S3. The number of imide groups is 1. The summed E-state index contributed by atoms with van der Waals surface area (Å²) < 4.78 is 115. The van der Waals surface area contributed by atoms with Crippen molar-refractivity contribution in [2.75, 3.05) is 99.7 Å². The minimum atomic E-state index is -5.15. The molecule has 1 aromatic carbocycles. The molecular weight excluding hydrogens is 1210 g/mol. The number of unbranched alkanes of at least 4 members (excludes halogenated alkanes) is 2. The molecule has 2 aromatic heterocycles. The summed E-state index contributed by atoms with van der Waals surface area (Å²) in [4.78, 5) is 92.3. The number of ether oxygens (including phenoxy) is 1. The highest BCUT2D eigenvalue weighted by molar-refractivity contribution is 7.86. The molecule has 5 N–H and O–H groups in total. The molecule has 3 aliphatic heterocycles. The number of carbonyl (C=O) groups is 7. The van der Waals surface area contributed by atoms with Gasteiger partial charge >= 0.3 is 12.9 Å². The fraction of sp³-hybridized carbons (Fsp3) is 0.509. The zero-order valence-electron chi connectivity index (χ0n) is 50.3. The van der Waals surface area contributed by atoms with Crippen molar-refractivity contribution in [3.63, 3.8) is 0 Å². The highest BCUT2D eigenvalue weighted by atomic mass is 32.2. The molecule has 5 heterocycles. The van der Waals surface area contributed by atoms with Crippen molar-refractivity contribution in [3.05, 3.63) is 92.6 Å². The van der Waals surface area contributed by atoms with Crippen molar-refractivity contribution in [1.82, 2.24) is 36.1 Å². The van der Waals surface area contributed by atoms with Gasteiger partial charge in [-0.3, -0.25) is 28.8 Å². The minimum Gasteiger partial charge on any atom is -0.748 e. The van der Waals surface area contributed by atoms with E-state index in [4.69, 9.17) is 9.57 Å². The average Bonchev–Trinajstić information content (AvgIpc) is 1.54. The summed E-state index contributed by atoms with van der Waals surface area (Å²) >= 11 is 1.42. The first-order valence-electron chi connectivity index (χ1n) is 29.0. The Morgan fingerprint density at radius 1 is 0.750 bits per heavy atom. The second-order valence-corrected chi connectivity index (χ2v) is 27.6. The van der Waals surface area contributed by atoms with E-state index >= 15 is 8.63 Å². The van der Waals surface area contributed by atoms with Gasteiger partial charge in [-0.05, 0) is 85.5 Å². The molecule has 1 saturated heterocycles. The van der Waals surface area contributed by atoms with Gasteiger partial charge in [0.1, 0.15) is 17.8 Å². The summed E-state index contributed by atoms with van der Waals surface area (Å²) in [6, 6.07) is 8.47. The molecule has 2 atom stereocenters. The van der Waals surface area contributed by atoms with Crippen LogP contribution in [0.15, 0.2) is 65.2 Å². The summed E-state index contributed by atoms with van der Waals surface area (Å²) in [5.41, 5.74) is 4.27. The van der Waals surface area contributed by atoms with Crippen molar-refractivity contribution in [3.8, 4) is 5.75 Å². The Balaban J connectivity index is 0.977. The van der Waals surface area contributed by atoms with Crippen molar-refractivity contribution in [1.29, 1.82) is 0 Å². The van der Waals surface area contributed by atoms with Crippen LogP contribution in [0.1, 0.15) is 98.0 Å². The first-order valence-corrected chi connectivity index (χ1v) is 33.0. The molecule has 6 amide bonds. The number of aryl methyl sites for hydroxylation is 1. The molecule has 3 aromatic rings. The van der Waals surface area contributed by atoms with E-state index in [1.54, 1.807) is 36.4 Å². The number of benzene rings is 1. The van der Waals surface area contributed by atoms with Crippen LogP contribution >= 0.6 is 11.3 Å². The zero-order valence-corrected chi connectivity index (χ0v) is 52.8. The fourth-order valence-electron chi connectivity index (χ4n) is 9.97. The van der Waals surface area contributed by atoms with Crippen LogP contribution in [0.25, 0.3) is 18.2 Å². The van der Waals surface area contributed by atoms with Crippen molar-refractivity contribution < 1.29 is 91.2 Å². The molecule has 0 bridgehead atoms. The lowest BCUT2D eigenvalue weighted by molar-refractivity contribution is -0.870. The van der Waals surface area contributed by atoms with Gasteiger partial charge in [-0.1, -0.05) is 30.7 Å². The third-order valence-electron chi connectivity index (χ3n) is 14.2. The monoisotopic (exact) mass is 1290 g/mol. The normalized spacial score (nSPS) is 15.8. The van der Waals surface area contributed by atoms with Crippen LogP contribution in [0.5, 0.6) is 5.75 Å². The molecule has 0 spiro atoms. The number of quaternary nitrogens is 2. The summed E-state index contributed by atoms with van der Waals surface area (Å²) in [5.74, 6) is -8.69. The number of aromatic nitrogens is 1. The van der Waals surface area contributed by atoms with Crippen LogP contribution in [-0.2, 0) is 65.1 Å². The summed E-state index contributed by atoms with van der Waals surface area (Å²) in [7, 11) is 2.39. The Morgan fingerprint density at radius 2 is 1.38 bits per heavy atom. The lowest BCUT2D eigenvalue weighted by atomic mass is 9.88. The van der Waals surface area contributed by atoms with Gasteiger partial charge in [-0.2, -0.15) is 0 Å². The number of fused-ring (bicyclic) bond motifs is 2. The van der Waals surface area contributed by atoms with Crippen LogP contribution in [0.2, 0.25) is 0 Å². The number of hydroxylamine groups is 2. The van der Waals surface area contributed by atoms with Gasteiger partial charge < -0.3 is 71.8 Å². The Bertz CT molecular complexity index is 3380. The van der Waals surface area contributed by atoms with Crippen LogP contribution in [-0.4, -0.2) is 215 Å². The fourth-order valence-corrected chi connectivity index (χ4v) is 12.0. The maximum atomic E-state index is 17.5. The van der Waals surface area contributed by atoms with Crippen molar-refractivity contribution in [2.45, 2.75) is 89.1 Å². The van der Waals surface area contributed by atoms with E-state index in [1.807, 2.05) is 46.4 Å². The number of nitrogens with one attached hydrogen (secondary N) is 5. The van der Waals surface area contributed by atoms with E-state index < -0.39 is 98.8 Å². The number of hydrogen-bond acceptors (Lipinski definition) is 17. The summed E-state index contributed by atoms with van der Waals surface area (Å²) in [6.45, 7) is -3.17. The van der Waals surface area contributed by atoms with Gasteiger partial charge in [0.05, 0.1) is 105 Å². The van der Waals surface area contributed by atoms with Crippen molar-refractivity contribution >= 4 is 104 Å². The SMILES string of the molecule is C[N+](C)(C)CCCC1=CC(c2cccs2)=[N+]2C1=Cc1c(CCC[N+](C)(C)C)cc(/C=C/c3ccc(OCCCC(=O)NC(CS(=O)(=O)[O-])C(=O)NCC(=O)NC(CS(=O)(=O)[O-])C(=O)NCCNCCCCCC(=O)ON4C(=O)CCC4=O)cc3)n1[B-]2(F)F. The molecule has 88 heavy (non-hydrogen) atoms. The highest BCUT2D eigenvalue weighted by Gasteiger charge is 2.54. The van der Waals surface area contributed by atoms with E-state index in [1.165, 1.54) is 20.3 Å². The van der Waals surface area contributed by atoms with Gasteiger partial charge in [0.2, 0.25) is 23.6 Å². The second kappa shape index (κ2) is 31.0. The number of nitrogens with zero attached hydrogens (tertiary/aromatic N) is 5. The molecule has 482 valence electrons. The van der Waals surface area contributed by atoms with E-state index in [-0.39, 0.29) is 51.8 Å². The number of allylic oxidation sites excluding steroid dienone is 2. The lowest BCUT2D eigenvalue weighted by Crippen LogP contribution is -2.55. The number of hydrogen-bond donors (Lipinski definition) is 5. The molecule has 3 aliphatic rings. The smallest absolute Gasteiger partial charge is 0.737 e. The van der Waals surface area contributed by atoms with Gasteiger partial charge in [0, 0.05) is 80.7 Å². The molecule has 0 aliphatic carbocycles. The predicted molar refractivity (Wildman–Crippen MR) is 324 cm³/mol. The van der Waals surface area contributed by atoms with E-state index in [2.05, 4.69) is 58.2 Å². The van der Waals surface area contributed by atoms with Gasteiger partial charge in [0.25, 0.3) is 11.8 Å². The maximum Gasteiger partial charge on any atom is 0.737 e. The van der Waals surface area contributed by atoms with E-state index in [9.17, 15) is 59.5 Å². The zero-order chi connectivity index (χ0) is 64.6. The predicted octanol–water partition coefficient (Wildman–Crippen LogP) is 2.07. The maximum absolute atomic E-state index is 17.5. The molecule has 31 heteroatoms. The average molecular weight is 1290 g/mol. The van der Waals surface area contributed by atoms with Gasteiger partial charge in [-0.15, -0.1) is 16.4 Å². The lowest BCUT2D eigenvalue weighted by Gasteiger charge is -2.31. The molecule has 0 radical (unpaired) electrons. The third kappa shape index (κ3) is 21.9. The summed E-state index contributed by atoms with van der Waals surface area (Å²) in [5, 5.41) is 13.9. The van der Waals surface area contributed by atoms with Crippen molar-refractivity contribution in [2.24, 2.45) is 0 Å². The first kappa shape index (κ1) is 70.1. The molecule has 25 nitrogen and oxygen atoms in total. The molecule has 6 rings (SSSR count).